The number of rotatable bonds is 3. The highest BCUT2D eigenvalue weighted by atomic mass is 79.9. The fraction of sp³-hybridized carbons (Fsp3) is 0. The molecule has 9 heteroatoms. The van der Waals surface area contributed by atoms with Crippen molar-refractivity contribution in [2.24, 2.45) is 10.2 Å². The summed E-state index contributed by atoms with van der Waals surface area (Å²) in [6, 6.07) is 21.9. The minimum absolute atomic E-state index is 0.144. The summed E-state index contributed by atoms with van der Waals surface area (Å²) >= 11 is 10.7. The number of hydrogen-bond donors (Lipinski definition) is 1. The number of amidine groups is 1. The SMILES string of the molecule is O=C1Nc2ccc(Cl)cc2C1=NN=C1SC(=Cc2cccc(Br)c2)C(=O)N1c1ccccc1. The fourth-order valence-corrected chi connectivity index (χ4v) is 4.93. The van der Waals surface area contributed by atoms with Gasteiger partial charge in [0.2, 0.25) is 5.17 Å². The van der Waals surface area contributed by atoms with Crippen LogP contribution in [0, 0.1) is 0 Å². The maximum Gasteiger partial charge on any atom is 0.276 e. The van der Waals surface area contributed by atoms with Gasteiger partial charge in [-0.1, -0.05) is 57.9 Å². The van der Waals surface area contributed by atoms with Gasteiger partial charge in [-0.05, 0) is 65.9 Å². The number of nitrogens with zero attached hydrogens (tertiary/aromatic N) is 3. The Morgan fingerprint density at radius 3 is 2.58 bits per heavy atom. The molecule has 2 aliphatic rings. The first-order chi connectivity index (χ1) is 16.0. The van der Waals surface area contributed by atoms with Crippen LogP contribution in [-0.4, -0.2) is 22.7 Å². The smallest absolute Gasteiger partial charge is 0.276 e. The number of fused-ring (bicyclic) bond motifs is 1. The molecule has 0 aliphatic carbocycles. The first-order valence-corrected chi connectivity index (χ1v) is 11.8. The standard InChI is InChI=1S/C24H14BrClN4O2S/c25-15-6-4-5-14(11-15)12-20-23(32)30(17-7-2-1-3-8-17)24(33-20)29-28-21-18-13-16(26)9-10-19(18)27-22(21)31/h1-13H,(H,27,28,31). The lowest BCUT2D eigenvalue weighted by Gasteiger charge is -2.14. The van der Waals surface area contributed by atoms with Gasteiger partial charge in [-0.15, -0.1) is 10.2 Å². The van der Waals surface area contributed by atoms with E-state index in [1.165, 1.54) is 16.7 Å². The van der Waals surface area contributed by atoms with Crippen molar-refractivity contribution in [2.45, 2.75) is 0 Å². The molecule has 0 aromatic heterocycles. The number of anilines is 2. The lowest BCUT2D eigenvalue weighted by atomic mass is 10.1. The molecule has 0 atom stereocenters. The maximum absolute atomic E-state index is 13.3. The molecule has 2 aliphatic heterocycles. The van der Waals surface area contributed by atoms with Crippen LogP contribution >= 0.6 is 39.3 Å². The van der Waals surface area contributed by atoms with Crippen LogP contribution in [0.1, 0.15) is 11.1 Å². The third kappa shape index (κ3) is 4.37. The molecule has 0 spiro atoms. The van der Waals surface area contributed by atoms with Gasteiger partial charge < -0.3 is 5.32 Å². The molecular weight excluding hydrogens is 524 g/mol. The van der Waals surface area contributed by atoms with E-state index < -0.39 is 0 Å². The molecule has 33 heavy (non-hydrogen) atoms. The highest BCUT2D eigenvalue weighted by molar-refractivity contribution is 9.10. The molecule has 3 aromatic rings. The largest absolute Gasteiger partial charge is 0.320 e. The molecule has 2 heterocycles. The molecule has 162 valence electrons. The number of benzene rings is 3. The van der Waals surface area contributed by atoms with Crippen molar-refractivity contribution in [3.05, 3.63) is 98.3 Å². The molecule has 6 nitrogen and oxygen atoms in total. The van der Waals surface area contributed by atoms with E-state index in [4.69, 9.17) is 11.6 Å². The van der Waals surface area contributed by atoms with Crippen LogP contribution in [-0.2, 0) is 9.59 Å². The molecule has 0 radical (unpaired) electrons. The van der Waals surface area contributed by atoms with E-state index >= 15 is 0 Å². The minimum atomic E-state index is -0.373. The van der Waals surface area contributed by atoms with E-state index in [0.29, 0.717) is 32.0 Å². The number of carbonyl (C=O) groups is 2. The van der Waals surface area contributed by atoms with Crippen LogP contribution < -0.4 is 10.2 Å². The summed E-state index contributed by atoms with van der Waals surface area (Å²) < 4.78 is 0.914. The second-order valence-electron chi connectivity index (χ2n) is 7.12. The van der Waals surface area contributed by atoms with Crippen LogP contribution in [0.4, 0.5) is 11.4 Å². The Hall–Kier alpha value is -3.20. The number of halogens is 2. The van der Waals surface area contributed by atoms with Gasteiger partial charge in [-0.3, -0.25) is 14.5 Å². The predicted octanol–water partition coefficient (Wildman–Crippen LogP) is 5.94. The number of para-hydroxylation sites is 1. The Kier molecular flexibility index (Phi) is 5.88. The van der Waals surface area contributed by atoms with Gasteiger partial charge >= 0.3 is 0 Å². The van der Waals surface area contributed by atoms with Gasteiger partial charge in [0, 0.05) is 15.1 Å². The van der Waals surface area contributed by atoms with Crippen molar-refractivity contribution < 1.29 is 9.59 Å². The summed E-state index contributed by atoms with van der Waals surface area (Å²) in [6.45, 7) is 0. The fourth-order valence-electron chi connectivity index (χ4n) is 3.41. The van der Waals surface area contributed by atoms with E-state index in [2.05, 4.69) is 31.4 Å². The maximum atomic E-state index is 13.3. The van der Waals surface area contributed by atoms with Crippen LogP contribution in [0.15, 0.2) is 92.4 Å². The van der Waals surface area contributed by atoms with Crippen LogP contribution in [0.25, 0.3) is 6.08 Å². The molecule has 0 saturated carbocycles. The van der Waals surface area contributed by atoms with Gasteiger partial charge in [0.05, 0.1) is 16.3 Å². The summed E-state index contributed by atoms with van der Waals surface area (Å²) in [7, 11) is 0. The van der Waals surface area contributed by atoms with E-state index in [0.717, 1.165) is 10.0 Å². The molecule has 1 fully saturated rings. The molecule has 5 rings (SSSR count). The number of nitrogens with one attached hydrogen (secondary N) is 1. The lowest BCUT2D eigenvalue weighted by Crippen LogP contribution is -2.28. The van der Waals surface area contributed by atoms with E-state index in [1.54, 1.807) is 24.3 Å². The number of amides is 2. The first-order valence-electron chi connectivity index (χ1n) is 9.81. The van der Waals surface area contributed by atoms with Crippen molar-refractivity contribution in [3.63, 3.8) is 0 Å². The number of thioether (sulfide) groups is 1. The Bertz CT molecular complexity index is 1390. The molecule has 3 aromatic carbocycles. The van der Waals surface area contributed by atoms with Crippen molar-refractivity contribution in [3.8, 4) is 0 Å². The number of carbonyl (C=O) groups excluding carboxylic acids is 2. The summed E-state index contributed by atoms with van der Waals surface area (Å²) in [5.74, 6) is -0.591. The lowest BCUT2D eigenvalue weighted by molar-refractivity contribution is -0.113. The van der Waals surface area contributed by atoms with Crippen LogP contribution in [0.2, 0.25) is 5.02 Å². The summed E-state index contributed by atoms with van der Waals surface area (Å²) in [4.78, 5) is 27.7. The van der Waals surface area contributed by atoms with Crippen molar-refractivity contribution in [1.82, 2.24) is 0 Å². The van der Waals surface area contributed by atoms with Crippen LogP contribution in [0.3, 0.4) is 0 Å². The summed E-state index contributed by atoms with van der Waals surface area (Å²) in [5.41, 5.74) is 2.87. The Morgan fingerprint density at radius 2 is 1.79 bits per heavy atom. The monoisotopic (exact) mass is 536 g/mol. The topological polar surface area (TPSA) is 74.1 Å². The van der Waals surface area contributed by atoms with Crippen molar-refractivity contribution >= 4 is 79.4 Å². The van der Waals surface area contributed by atoms with E-state index in [1.807, 2.05) is 54.6 Å². The van der Waals surface area contributed by atoms with Crippen molar-refractivity contribution in [1.29, 1.82) is 0 Å². The highest BCUT2D eigenvalue weighted by Gasteiger charge is 2.35. The zero-order valence-electron chi connectivity index (χ0n) is 16.8. The molecule has 1 saturated heterocycles. The third-order valence-electron chi connectivity index (χ3n) is 4.90. The van der Waals surface area contributed by atoms with E-state index in [9.17, 15) is 9.59 Å². The van der Waals surface area contributed by atoms with Gasteiger partial charge in [0.1, 0.15) is 0 Å². The van der Waals surface area contributed by atoms with Gasteiger partial charge in [0.25, 0.3) is 11.8 Å². The Balaban J connectivity index is 1.57. The van der Waals surface area contributed by atoms with Crippen molar-refractivity contribution in [2.75, 3.05) is 10.2 Å². The zero-order chi connectivity index (χ0) is 22.9. The minimum Gasteiger partial charge on any atom is -0.320 e. The average Bonchev–Trinajstić information content (AvgIpc) is 3.28. The second kappa shape index (κ2) is 8.97. The predicted molar refractivity (Wildman–Crippen MR) is 138 cm³/mol. The summed E-state index contributed by atoms with van der Waals surface area (Å²) in [6.07, 6.45) is 1.81. The molecule has 0 bridgehead atoms. The Labute approximate surface area is 207 Å². The van der Waals surface area contributed by atoms with Crippen LogP contribution in [0.5, 0.6) is 0 Å². The van der Waals surface area contributed by atoms with Gasteiger partial charge in [0.15, 0.2) is 5.71 Å². The average molecular weight is 538 g/mol. The molecule has 0 unspecified atom stereocenters. The van der Waals surface area contributed by atoms with E-state index in [-0.39, 0.29) is 17.5 Å². The normalized spacial score (nSPS) is 19.0. The molecular formula is C24H14BrClN4O2S. The number of hydrogen-bond acceptors (Lipinski definition) is 5. The highest BCUT2D eigenvalue weighted by Crippen LogP contribution is 2.36. The molecule has 2 amide bonds. The Morgan fingerprint density at radius 1 is 0.970 bits per heavy atom. The second-order valence-corrected chi connectivity index (χ2v) is 9.48. The summed E-state index contributed by atoms with van der Waals surface area (Å²) in [5, 5.41) is 12.1. The third-order valence-corrected chi connectivity index (χ3v) is 6.59. The van der Waals surface area contributed by atoms with Gasteiger partial charge in [-0.2, -0.15) is 0 Å². The zero-order valence-corrected chi connectivity index (χ0v) is 20.0. The van der Waals surface area contributed by atoms with Gasteiger partial charge in [-0.25, -0.2) is 0 Å². The first kappa shape index (κ1) is 21.6. The quantitative estimate of drug-likeness (QED) is 0.332. The molecule has 1 N–H and O–H groups in total.